The first-order valence-electron chi connectivity index (χ1n) is 9.75. The van der Waals surface area contributed by atoms with Gasteiger partial charge in [-0.1, -0.05) is 30.3 Å². The van der Waals surface area contributed by atoms with Crippen LogP contribution < -0.4 is 5.32 Å². The van der Waals surface area contributed by atoms with E-state index in [2.05, 4.69) is 22.4 Å². The van der Waals surface area contributed by atoms with Gasteiger partial charge in [-0.2, -0.15) is 0 Å². The molecule has 0 radical (unpaired) electrons. The molecule has 1 fully saturated rings. The normalized spacial score (nSPS) is 20.1. The van der Waals surface area contributed by atoms with Gasteiger partial charge < -0.3 is 15.3 Å². The van der Waals surface area contributed by atoms with Gasteiger partial charge in [-0.3, -0.25) is 9.78 Å². The van der Waals surface area contributed by atoms with Gasteiger partial charge in [0, 0.05) is 32.4 Å². The number of likely N-dealkylation sites (tertiary alicyclic amines) is 1. The maximum Gasteiger partial charge on any atom is 0.255 e. The molecular weight excluding hydrogens is 338 g/mol. The summed E-state index contributed by atoms with van der Waals surface area (Å²) in [6.07, 6.45) is 4.97. The van der Waals surface area contributed by atoms with Crippen LogP contribution in [0.1, 0.15) is 36.1 Å². The Kier molecular flexibility index (Phi) is 6.58. The second kappa shape index (κ2) is 9.11. The van der Waals surface area contributed by atoms with Crippen molar-refractivity contribution in [2.75, 3.05) is 19.6 Å². The lowest BCUT2D eigenvalue weighted by molar-refractivity contribution is -0.156. The van der Waals surface area contributed by atoms with E-state index in [1.165, 1.54) is 5.56 Å². The Labute approximate surface area is 161 Å². The van der Waals surface area contributed by atoms with E-state index in [4.69, 9.17) is 0 Å². The molecule has 2 N–H and O–H groups in total. The van der Waals surface area contributed by atoms with Crippen molar-refractivity contribution >= 4 is 5.91 Å². The van der Waals surface area contributed by atoms with Crippen LogP contribution in [0, 0.1) is 6.92 Å². The average molecular weight is 367 g/mol. The number of piperidine rings is 1. The summed E-state index contributed by atoms with van der Waals surface area (Å²) >= 11 is 0. The first-order valence-corrected chi connectivity index (χ1v) is 9.75. The third kappa shape index (κ3) is 5.37. The van der Waals surface area contributed by atoms with Crippen LogP contribution in [-0.2, 0) is 17.8 Å². The van der Waals surface area contributed by atoms with Gasteiger partial charge in [0.15, 0.2) is 5.60 Å². The summed E-state index contributed by atoms with van der Waals surface area (Å²) < 4.78 is 0. The molecule has 1 atom stereocenters. The zero-order chi connectivity index (χ0) is 19.1. The van der Waals surface area contributed by atoms with Crippen molar-refractivity contribution in [2.45, 2.75) is 44.8 Å². The van der Waals surface area contributed by atoms with Gasteiger partial charge in [0.1, 0.15) is 0 Å². The Hall–Kier alpha value is -2.24. The highest BCUT2D eigenvalue weighted by molar-refractivity contribution is 5.86. The van der Waals surface area contributed by atoms with E-state index in [0.29, 0.717) is 19.5 Å². The largest absolute Gasteiger partial charge is 0.379 e. The molecule has 2 heterocycles. The van der Waals surface area contributed by atoms with Gasteiger partial charge in [0.05, 0.1) is 5.69 Å². The highest BCUT2D eigenvalue weighted by Gasteiger charge is 2.41. The lowest BCUT2D eigenvalue weighted by Gasteiger charge is -2.38. The van der Waals surface area contributed by atoms with Gasteiger partial charge in [0.25, 0.3) is 5.91 Å². The highest BCUT2D eigenvalue weighted by atomic mass is 16.3. The van der Waals surface area contributed by atoms with Gasteiger partial charge in [0.2, 0.25) is 0 Å². The number of hydrogen-bond donors (Lipinski definition) is 2. The third-order valence-corrected chi connectivity index (χ3v) is 5.14. The van der Waals surface area contributed by atoms with E-state index < -0.39 is 5.60 Å². The van der Waals surface area contributed by atoms with E-state index in [0.717, 1.165) is 37.1 Å². The summed E-state index contributed by atoms with van der Waals surface area (Å²) in [4.78, 5) is 18.9. The Bertz CT molecular complexity index is 750. The molecule has 0 spiro atoms. The molecule has 0 aliphatic carbocycles. The summed E-state index contributed by atoms with van der Waals surface area (Å²) in [6, 6.07) is 14.3. The Morgan fingerprint density at radius 1 is 1.26 bits per heavy atom. The Morgan fingerprint density at radius 3 is 2.85 bits per heavy atom. The minimum Gasteiger partial charge on any atom is -0.379 e. The van der Waals surface area contributed by atoms with Crippen molar-refractivity contribution in [3.8, 4) is 0 Å². The molecule has 1 aromatic carbocycles. The molecule has 1 aromatic heterocycles. The van der Waals surface area contributed by atoms with Crippen LogP contribution in [0.25, 0.3) is 0 Å². The fourth-order valence-electron chi connectivity index (χ4n) is 3.65. The number of nitrogens with one attached hydrogen (secondary N) is 1. The summed E-state index contributed by atoms with van der Waals surface area (Å²) in [7, 11) is 0. The predicted molar refractivity (Wildman–Crippen MR) is 106 cm³/mol. The summed E-state index contributed by atoms with van der Waals surface area (Å²) in [6.45, 7) is 4.25. The molecule has 2 aromatic rings. The van der Waals surface area contributed by atoms with Crippen LogP contribution >= 0.6 is 0 Å². The van der Waals surface area contributed by atoms with Crippen molar-refractivity contribution < 1.29 is 9.90 Å². The smallest absolute Gasteiger partial charge is 0.255 e. The summed E-state index contributed by atoms with van der Waals surface area (Å²) in [5.41, 5.74) is 2.04. The molecule has 5 nitrogen and oxygen atoms in total. The molecule has 5 heteroatoms. The molecule has 3 rings (SSSR count). The van der Waals surface area contributed by atoms with Crippen molar-refractivity contribution in [3.05, 3.63) is 65.5 Å². The maximum absolute atomic E-state index is 12.8. The number of carbonyl (C=O) groups excluding carboxylic acids is 1. The van der Waals surface area contributed by atoms with Gasteiger partial charge >= 0.3 is 0 Å². The van der Waals surface area contributed by atoms with E-state index >= 15 is 0 Å². The quantitative estimate of drug-likeness (QED) is 0.752. The molecule has 1 amide bonds. The number of benzene rings is 1. The SMILES string of the molecule is Cc1ccnc(CNC[C@@]2(O)CCCN(CCCc3ccccc3)C2=O)c1. The highest BCUT2D eigenvalue weighted by Crippen LogP contribution is 2.22. The second-order valence-electron chi connectivity index (χ2n) is 7.44. The first-order chi connectivity index (χ1) is 13.1. The molecule has 1 saturated heterocycles. The monoisotopic (exact) mass is 367 g/mol. The van der Waals surface area contributed by atoms with Crippen molar-refractivity contribution in [1.82, 2.24) is 15.2 Å². The number of aromatic nitrogens is 1. The van der Waals surface area contributed by atoms with Gasteiger partial charge in [-0.15, -0.1) is 0 Å². The van der Waals surface area contributed by atoms with Crippen LogP contribution in [0.3, 0.4) is 0 Å². The maximum atomic E-state index is 12.8. The molecular formula is C22H29N3O2. The third-order valence-electron chi connectivity index (χ3n) is 5.14. The topological polar surface area (TPSA) is 65.5 Å². The van der Waals surface area contributed by atoms with Gasteiger partial charge in [-0.25, -0.2) is 0 Å². The van der Waals surface area contributed by atoms with Crippen LogP contribution in [0.15, 0.2) is 48.7 Å². The molecule has 0 saturated carbocycles. The number of carbonyl (C=O) groups is 1. The van der Waals surface area contributed by atoms with Gasteiger partial charge in [-0.05, 0) is 55.9 Å². The van der Waals surface area contributed by atoms with E-state index in [1.807, 2.05) is 42.2 Å². The van der Waals surface area contributed by atoms with E-state index in [-0.39, 0.29) is 12.5 Å². The molecule has 1 aliphatic heterocycles. The average Bonchev–Trinajstić information content (AvgIpc) is 2.66. The number of rotatable bonds is 8. The minimum absolute atomic E-state index is 0.147. The molecule has 27 heavy (non-hydrogen) atoms. The number of amides is 1. The van der Waals surface area contributed by atoms with Crippen LogP contribution in [0.4, 0.5) is 0 Å². The van der Waals surface area contributed by atoms with Crippen LogP contribution in [-0.4, -0.2) is 46.1 Å². The Morgan fingerprint density at radius 2 is 2.07 bits per heavy atom. The fourth-order valence-corrected chi connectivity index (χ4v) is 3.65. The number of aryl methyl sites for hydroxylation is 2. The zero-order valence-corrected chi connectivity index (χ0v) is 16.0. The number of hydrogen-bond acceptors (Lipinski definition) is 4. The summed E-state index contributed by atoms with van der Waals surface area (Å²) in [5.74, 6) is -0.147. The predicted octanol–water partition coefficient (Wildman–Crippen LogP) is 2.47. The van der Waals surface area contributed by atoms with E-state index in [9.17, 15) is 9.90 Å². The minimum atomic E-state index is -1.31. The number of pyridine rings is 1. The number of aliphatic hydroxyl groups is 1. The second-order valence-corrected chi connectivity index (χ2v) is 7.44. The van der Waals surface area contributed by atoms with E-state index in [1.54, 1.807) is 6.20 Å². The lowest BCUT2D eigenvalue weighted by Crippen LogP contribution is -2.58. The number of nitrogens with zero attached hydrogens (tertiary/aromatic N) is 2. The molecule has 144 valence electrons. The summed E-state index contributed by atoms with van der Waals surface area (Å²) in [5, 5.41) is 14.1. The Balaban J connectivity index is 1.48. The fraction of sp³-hybridized carbons (Fsp3) is 0.455. The lowest BCUT2D eigenvalue weighted by atomic mass is 9.91. The van der Waals surface area contributed by atoms with Crippen LogP contribution in [0.2, 0.25) is 0 Å². The molecule has 0 unspecified atom stereocenters. The standard InChI is InChI=1S/C22H29N3O2/c1-18-10-12-24-20(15-18)16-23-17-22(27)11-6-14-25(21(22)26)13-5-9-19-7-3-2-4-8-19/h2-4,7-8,10,12,15,23,27H,5-6,9,11,13-14,16-17H2,1H3/t22-/m0/s1. The molecule has 0 bridgehead atoms. The van der Waals surface area contributed by atoms with Crippen LogP contribution in [0.5, 0.6) is 0 Å². The van der Waals surface area contributed by atoms with Crippen molar-refractivity contribution in [1.29, 1.82) is 0 Å². The zero-order valence-electron chi connectivity index (χ0n) is 16.0. The molecule has 1 aliphatic rings. The van der Waals surface area contributed by atoms with Crippen molar-refractivity contribution in [2.24, 2.45) is 0 Å². The van der Waals surface area contributed by atoms with Crippen molar-refractivity contribution in [3.63, 3.8) is 0 Å². The first kappa shape index (κ1) is 19.5.